The van der Waals surface area contributed by atoms with Crippen LogP contribution in [0.15, 0.2) is 0 Å². The Bertz CT molecular complexity index is 193. The van der Waals surface area contributed by atoms with Gasteiger partial charge in [0.15, 0.2) is 0 Å². The zero-order valence-electron chi connectivity index (χ0n) is 8.82. The molecule has 1 aliphatic heterocycles. The molecule has 15 heavy (non-hydrogen) atoms. The number of halogens is 1. The Morgan fingerprint density at radius 3 is 2.67 bits per heavy atom. The van der Waals surface area contributed by atoms with Crippen molar-refractivity contribution in [2.24, 2.45) is 0 Å². The lowest BCUT2D eigenvalue weighted by molar-refractivity contribution is -0.133. The van der Waals surface area contributed by atoms with Crippen molar-refractivity contribution < 1.29 is 14.6 Å². The summed E-state index contributed by atoms with van der Waals surface area (Å²) in [6.45, 7) is 1.93. The summed E-state index contributed by atoms with van der Waals surface area (Å²) < 4.78 is 5.41. The summed E-state index contributed by atoms with van der Waals surface area (Å²) in [5.41, 5.74) is 0. The second kappa shape index (κ2) is 7.04. The number of aliphatic hydroxyl groups excluding tert-OH is 1. The van der Waals surface area contributed by atoms with Crippen LogP contribution in [0.5, 0.6) is 0 Å². The quantitative estimate of drug-likeness (QED) is 0.711. The molecule has 1 aliphatic rings. The molecule has 0 aliphatic carbocycles. The van der Waals surface area contributed by atoms with Gasteiger partial charge in [0.1, 0.15) is 0 Å². The molecule has 0 bridgehead atoms. The molecule has 88 valence electrons. The van der Waals surface area contributed by atoms with Gasteiger partial charge in [0, 0.05) is 25.4 Å². The topological polar surface area (TPSA) is 49.8 Å². The maximum atomic E-state index is 11.5. The van der Waals surface area contributed by atoms with Crippen LogP contribution in [-0.2, 0) is 9.53 Å². The summed E-state index contributed by atoms with van der Waals surface area (Å²) in [5.74, 6) is 0.519. The third kappa shape index (κ3) is 4.36. The first kappa shape index (κ1) is 12.7. The van der Waals surface area contributed by atoms with E-state index < -0.39 is 0 Å². The number of ether oxygens (including phenoxy) is 1. The van der Waals surface area contributed by atoms with Crippen molar-refractivity contribution in [3.8, 4) is 0 Å². The van der Waals surface area contributed by atoms with Gasteiger partial charge in [0.2, 0.25) is 5.91 Å². The molecule has 4 nitrogen and oxygen atoms in total. The SMILES string of the molecule is O=C(CCCl)N1CCC(OCCO)CC1. The molecular formula is C10H18ClNO3. The van der Waals surface area contributed by atoms with Crippen molar-refractivity contribution in [1.29, 1.82) is 0 Å². The van der Waals surface area contributed by atoms with E-state index in [2.05, 4.69) is 0 Å². The molecule has 0 aromatic carbocycles. The van der Waals surface area contributed by atoms with Crippen LogP contribution in [0.25, 0.3) is 0 Å². The molecule has 5 heteroatoms. The van der Waals surface area contributed by atoms with Gasteiger partial charge >= 0.3 is 0 Å². The predicted molar refractivity (Wildman–Crippen MR) is 58.0 cm³/mol. The number of piperidine rings is 1. The second-order valence-electron chi connectivity index (χ2n) is 3.61. The third-order valence-electron chi connectivity index (χ3n) is 2.55. The maximum Gasteiger partial charge on any atom is 0.223 e. The van der Waals surface area contributed by atoms with Gasteiger partial charge in [0.25, 0.3) is 0 Å². The fourth-order valence-electron chi connectivity index (χ4n) is 1.73. The number of rotatable bonds is 5. The first-order valence-corrected chi connectivity index (χ1v) is 5.87. The highest BCUT2D eigenvalue weighted by Crippen LogP contribution is 2.14. The monoisotopic (exact) mass is 235 g/mol. The molecule has 0 spiro atoms. The van der Waals surface area contributed by atoms with Gasteiger partial charge < -0.3 is 14.7 Å². The number of hydrogen-bond acceptors (Lipinski definition) is 3. The number of hydrogen-bond donors (Lipinski definition) is 1. The van der Waals surface area contributed by atoms with Crippen LogP contribution in [0.2, 0.25) is 0 Å². The van der Waals surface area contributed by atoms with E-state index in [9.17, 15) is 4.79 Å². The molecule has 0 unspecified atom stereocenters. The third-order valence-corrected chi connectivity index (χ3v) is 2.74. The normalized spacial score (nSPS) is 18.1. The van der Waals surface area contributed by atoms with Crippen molar-refractivity contribution in [3.05, 3.63) is 0 Å². The molecule has 1 saturated heterocycles. The molecule has 0 aromatic heterocycles. The maximum absolute atomic E-state index is 11.5. The minimum Gasteiger partial charge on any atom is -0.394 e. The number of carbonyl (C=O) groups is 1. The molecular weight excluding hydrogens is 218 g/mol. The number of carbonyl (C=O) groups excluding carboxylic acids is 1. The fourth-order valence-corrected chi connectivity index (χ4v) is 1.89. The van der Waals surface area contributed by atoms with Crippen molar-refractivity contribution in [3.63, 3.8) is 0 Å². The van der Waals surface area contributed by atoms with Gasteiger partial charge in [-0.3, -0.25) is 4.79 Å². The van der Waals surface area contributed by atoms with Crippen LogP contribution in [0.4, 0.5) is 0 Å². The van der Waals surface area contributed by atoms with Crippen LogP contribution < -0.4 is 0 Å². The molecule has 1 amide bonds. The number of nitrogens with zero attached hydrogens (tertiary/aromatic N) is 1. The summed E-state index contributed by atoms with van der Waals surface area (Å²) in [6, 6.07) is 0. The van der Waals surface area contributed by atoms with Crippen LogP contribution in [0, 0.1) is 0 Å². The van der Waals surface area contributed by atoms with E-state index >= 15 is 0 Å². The van der Waals surface area contributed by atoms with Gasteiger partial charge in [-0.05, 0) is 12.8 Å². The Morgan fingerprint density at radius 1 is 1.47 bits per heavy atom. The Morgan fingerprint density at radius 2 is 2.13 bits per heavy atom. The Kier molecular flexibility index (Phi) is 5.98. The average Bonchev–Trinajstić information content (AvgIpc) is 2.27. The molecule has 1 rings (SSSR count). The van der Waals surface area contributed by atoms with E-state index in [0.29, 0.717) is 18.9 Å². The van der Waals surface area contributed by atoms with Crippen molar-refractivity contribution in [2.75, 3.05) is 32.2 Å². The zero-order chi connectivity index (χ0) is 11.1. The van der Waals surface area contributed by atoms with Gasteiger partial charge in [-0.2, -0.15) is 0 Å². The summed E-state index contributed by atoms with van der Waals surface area (Å²) in [4.78, 5) is 13.3. The van der Waals surface area contributed by atoms with E-state index in [4.69, 9.17) is 21.4 Å². The molecule has 0 aromatic rings. The van der Waals surface area contributed by atoms with Crippen LogP contribution in [0.3, 0.4) is 0 Å². The Balaban J connectivity index is 2.20. The lowest BCUT2D eigenvalue weighted by Crippen LogP contribution is -2.41. The summed E-state index contributed by atoms with van der Waals surface area (Å²) in [7, 11) is 0. The van der Waals surface area contributed by atoms with Crippen molar-refractivity contribution in [1.82, 2.24) is 4.90 Å². The van der Waals surface area contributed by atoms with Crippen LogP contribution in [-0.4, -0.2) is 54.2 Å². The summed E-state index contributed by atoms with van der Waals surface area (Å²) in [6.07, 6.45) is 2.32. The molecule has 1 fully saturated rings. The highest BCUT2D eigenvalue weighted by Gasteiger charge is 2.22. The lowest BCUT2D eigenvalue weighted by atomic mass is 10.1. The first-order valence-electron chi connectivity index (χ1n) is 5.34. The lowest BCUT2D eigenvalue weighted by Gasteiger charge is -2.31. The zero-order valence-corrected chi connectivity index (χ0v) is 9.58. The van der Waals surface area contributed by atoms with Gasteiger partial charge in [-0.15, -0.1) is 11.6 Å². The van der Waals surface area contributed by atoms with E-state index in [1.165, 1.54) is 0 Å². The van der Waals surface area contributed by atoms with Crippen molar-refractivity contribution >= 4 is 17.5 Å². The Labute approximate surface area is 95.2 Å². The van der Waals surface area contributed by atoms with Gasteiger partial charge in [-0.1, -0.05) is 0 Å². The minimum atomic E-state index is 0.0609. The van der Waals surface area contributed by atoms with E-state index in [0.717, 1.165) is 25.9 Å². The number of alkyl halides is 1. The average molecular weight is 236 g/mol. The molecule has 1 N–H and O–H groups in total. The van der Waals surface area contributed by atoms with E-state index in [1.807, 2.05) is 4.90 Å². The Hall–Kier alpha value is -0.320. The predicted octanol–water partition coefficient (Wildman–Crippen LogP) is 0.615. The van der Waals surface area contributed by atoms with Crippen LogP contribution >= 0.6 is 11.6 Å². The minimum absolute atomic E-state index is 0.0609. The van der Waals surface area contributed by atoms with Gasteiger partial charge in [0.05, 0.1) is 19.3 Å². The number of likely N-dealkylation sites (tertiary alicyclic amines) is 1. The highest BCUT2D eigenvalue weighted by atomic mass is 35.5. The fraction of sp³-hybridized carbons (Fsp3) is 0.900. The highest BCUT2D eigenvalue weighted by molar-refractivity contribution is 6.18. The van der Waals surface area contributed by atoms with E-state index in [1.54, 1.807) is 0 Å². The largest absolute Gasteiger partial charge is 0.394 e. The van der Waals surface area contributed by atoms with Gasteiger partial charge in [-0.25, -0.2) is 0 Å². The summed E-state index contributed by atoms with van der Waals surface area (Å²) in [5, 5.41) is 8.60. The molecule has 1 heterocycles. The molecule has 0 saturated carbocycles. The smallest absolute Gasteiger partial charge is 0.223 e. The number of aliphatic hydroxyl groups is 1. The van der Waals surface area contributed by atoms with E-state index in [-0.39, 0.29) is 18.6 Å². The van der Waals surface area contributed by atoms with Crippen molar-refractivity contribution in [2.45, 2.75) is 25.4 Å². The second-order valence-corrected chi connectivity index (χ2v) is 3.99. The standard InChI is InChI=1S/C10H18ClNO3/c11-4-1-10(14)12-5-2-9(3-6-12)15-8-7-13/h9,13H,1-8H2. The molecule has 0 radical (unpaired) electrons. The molecule has 0 atom stereocenters. The number of amides is 1. The first-order chi connectivity index (χ1) is 7.27. The van der Waals surface area contributed by atoms with Crippen LogP contribution in [0.1, 0.15) is 19.3 Å². The summed E-state index contributed by atoms with van der Waals surface area (Å²) >= 11 is 5.51.